The van der Waals surface area contributed by atoms with Gasteiger partial charge in [0.2, 0.25) is 0 Å². The van der Waals surface area contributed by atoms with Crippen molar-refractivity contribution in [2.24, 2.45) is 11.8 Å². The van der Waals surface area contributed by atoms with Crippen LogP contribution in [-0.2, 0) is 14.3 Å². The molecule has 2 fully saturated rings. The molecule has 0 radical (unpaired) electrons. The first kappa shape index (κ1) is 29.1. The van der Waals surface area contributed by atoms with Crippen LogP contribution in [0.2, 0.25) is 23.2 Å². The first-order valence-electron chi connectivity index (χ1n) is 12.7. The number of nitrogens with one attached hydrogen (secondary N) is 1. The Labute approximate surface area is 228 Å². The highest BCUT2D eigenvalue weighted by atomic mass is 35.5. The predicted molar refractivity (Wildman–Crippen MR) is 144 cm³/mol. The Morgan fingerprint density at radius 1 is 1.03 bits per heavy atom. The number of fused-ring (bicyclic) bond motifs is 2. The number of benzene rings is 2. The second-order valence-corrected chi connectivity index (χ2v) is 19.3. The molecule has 5 nitrogen and oxygen atoms in total. The molecule has 1 N–H and O–H groups in total. The molecule has 11 heteroatoms. The van der Waals surface area contributed by atoms with Gasteiger partial charge in [0.05, 0.1) is 21.3 Å². The van der Waals surface area contributed by atoms with E-state index in [0.29, 0.717) is 25.0 Å². The normalized spacial score (nSPS) is 23.9. The van der Waals surface area contributed by atoms with Crippen molar-refractivity contribution in [3.63, 3.8) is 0 Å². The third-order valence-electron chi connectivity index (χ3n) is 8.39. The van der Waals surface area contributed by atoms with E-state index in [1.54, 1.807) is 0 Å². The van der Waals surface area contributed by atoms with Crippen molar-refractivity contribution >= 4 is 41.4 Å². The summed E-state index contributed by atoms with van der Waals surface area (Å²) in [7, 11) is -5.91. The van der Waals surface area contributed by atoms with E-state index in [9.17, 15) is 26.4 Å². The predicted octanol–water partition coefficient (Wildman–Crippen LogP) is 7.36. The Morgan fingerprint density at radius 3 is 2.11 bits per heavy atom. The molecular formula is C27H33ClF3NO4SSi. The summed E-state index contributed by atoms with van der Waals surface area (Å²) >= 11 is 6.31. The minimum Gasteiger partial charge on any atom is -0.413 e. The zero-order valence-electron chi connectivity index (χ0n) is 22.1. The minimum atomic E-state index is -3.89. The molecular weight excluding hydrogens is 555 g/mol. The molecule has 2 aromatic carbocycles. The van der Waals surface area contributed by atoms with Crippen LogP contribution in [0.25, 0.3) is 0 Å². The summed E-state index contributed by atoms with van der Waals surface area (Å²) in [5.41, 5.74) is -0.363. The highest BCUT2D eigenvalue weighted by Crippen LogP contribution is 2.50. The average Bonchev–Trinajstić information content (AvgIpc) is 3.02. The molecule has 2 aliphatic carbocycles. The second kappa shape index (κ2) is 10.3. The molecule has 0 spiro atoms. The summed E-state index contributed by atoms with van der Waals surface area (Å²) in [6.45, 7) is 11.0. The van der Waals surface area contributed by atoms with E-state index in [2.05, 4.69) is 39.2 Å². The maximum Gasteiger partial charge on any atom is 0.255 e. The van der Waals surface area contributed by atoms with E-state index in [1.807, 2.05) is 0 Å². The van der Waals surface area contributed by atoms with Gasteiger partial charge in [-0.25, -0.2) is 21.6 Å². The lowest BCUT2D eigenvalue weighted by atomic mass is 9.86. The van der Waals surface area contributed by atoms with Crippen molar-refractivity contribution in [3.8, 4) is 0 Å². The lowest BCUT2D eigenvalue weighted by molar-refractivity contribution is 0.0713. The maximum absolute atomic E-state index is 13.7. The number of hydrogen-bond donors (Lipinski definition) is 1. The number of halogens is 4. The summed E-state index contributed by atoms with van der Waals surface area (Å²) in [5, 5.41) is 1.66. The van der Waals surface area contributed by atoms with Crippen LogP contribution in [0.4, 0.5) is 18.9 Å². The highest BCUT2D eigenvalue weighted by molar-refractivity contribution is 7.92. The van der Waals surface area contributed by atoms with E-state index < -0.39 is 46.8 Å². The van der Waals surface area contributed by atoms with Gasteiger partial charge in [-0.15, -0.1) is 0 Å². The van der Waals surface area contributed by atoms with E-state index in [0.717, 1.165) is 12.8 Å². The van der Waals surface area contributed by atoms with Crippen LogP contribution < -0.4 is 5.32 Å². The number of amides is 1. The fraction of sp³-hybridized carbons (Fsp3) is 0.519. The zero-order chi connectivity index (χ0) is 28.2. The largest absolute Gasteiger partial charge is 0.413 e. The zero-order valence-corrected chi connectivity index (χ0v) is 24.7. The van der Waals surface area contributed by atoms with Crippen LogP contribution in [-0.4, -0.2) is 34.0 Å². The van der Waals surface area contributed by atoms with E-state index in [4.69, 9.17) is 16.0 Å². The molecule has 1 amide bonds. The SMILES string of the molecule is CC(C)(C)[Si](C)(C)O[C@H]1C2CCC1C[C@@H](S(=O)(=O)c1cc(C(=O)Nc3cc(F)c(F)c(F)c3)ccc1Cl)C2. The Balaban J connectivity index is 1.54. The molecule has 0 aromatic heterocycles. The molecule has 0 aliphatic heterocycles. The molecule has 2 aromatic rings. The Kier molecular flexibility index (Phi) is 7.86. The van der Waals surface area contributed by atoms with Crippen LogP contribution in [0.15, 0.2) is 35.2 Å². The number of anilines is 1. The molecule has 2 aliphatic rings. The van der Waals surface area contributed by atoms with Gasteiger partial charge in [-0.2, -0.15) is 0 Å². The van der Waals surface area contributed by atoms with Crippen LogP contribution in [0.3, 0.4) is 0 Å². The van der Waals surface area contributed by atoms with Gasteiger partial charge in [0.25, 0.3) is 5.91 Å². The number of hydrogen-bond acceptors (Lipinski definition) is 4. The van der Waals surface area contributed by atoms with Gasteiger partial charge in [-0.1, -0.05) is 32.4 Å². The topological polar surface area (TPSA) is 72.5 Å². The number of carbonyl (C=O) groups excluding carboxylic acids is 1. The molecule has 38 heavy (non-hydrogen) atoms. The van der Waals surface area contributed by atoms with Crippen LogP contribution in [0.5, 0.6) is 0 Å². The fourth-order valence-corrected chi connectivity index (χ4v) is 9.10. The van der Waals surface area contributed by atoms with Gasteiger partial charge in [-0.3, -0.25) is 4.79 Å². The average molecular weight is 588 g/mol. The Bertz CT molecular complexity index is 1330. The van der Waals surface area contributed by atoms with Gasteiger partial charge in [-0.05, 0) is 73.9 Å². The summed E-state index contributed by atoms with van der Waals surface area (Å²) in [5.74, 6) is -5.10. The van der Waals surface area contributed by atoms with Gasteiger partial charge in [0.15, 0.2) is 35.6 Å². The molecule has 0 saturated heterocycles. The lowest BCUT2D eigenvalue weighted by Crippen LogP contribution is -2.49. The van der Waals surface area contributed by atoms with Gasteiger partial charge in [0, 0.05) is 23.4 Å². The molecule has 2 saturated carbocycles. The van der Waals surface area contributed by atoms with E-state index in [-0.39, 0.29) is 44.1 Å². The first-order valence-corrected chi connectivity index (χ1v) is 17.5. The number of sulfone groups is 1. The van der Waals surface area contributed by atoms with Crippen molar-refractivity contribution in [1.29, 1.82) is 0 Å². The standard InChI is InChI=1S/C27H33ClF3NO4SSi/c1-27(2,3)38(4,5)36-25-15-6-7-16(25)11-19(10-15)37(34,35)23-12-17(8-9-20(23)28)26(33)32-18-13-21(29)24(31)22(30)14-18/h8-9,12-16,19,25H,6-7,10-11H2,1-5H3,(H,32,33)/t15?,16?,19-,25-. The third kappa shape index (κ3) is 5.55. The molecule has 2 atom stereocenters. The van der Waals surface area contributed by atoms with Crippen molar-refractivity contribution in [2.45, 2.75) is 80.8 Å². The molecule has 2 bridgehead atoms. The Morgan fingerprint density at radius 2 is 1.58 bits per heavy atom. The summed E-state index contributed by atoms with van der Waals surface area (Å²) in [6, 6.07) is 5.11. The van der Waals surface area contributed by atoms with Crippen molar-refractivity contribution in [1.82, 2.24) is 0 Å². The minimum absolute atomic E-state index is 0.00702. The molecule has 4 rings (SSSR count). The molecule has 0 heterocycles. The summed E-state index contributed by atoms with van der Waals surface area (Å²) < 4.78 is 74.6. The number of carbonyl (C=O) groups is 1. The van der Waals surface area contributed by atoms with Crippen LogP contribution >= 0.6 is 11.6 Å². The number of rotatable bonds is 6. The quantitative estimate of drug-likeness (QED) is 0.283. The van der Waals surface area contributed by atoms with Crippen molar-refractivity contribution < 1.29 is 30.8 Å². The molecule has 208 valence electrons. The highest BCUT2D eigenvalue weighted by Gasteiger charge is 2.51. The van der Waals surface area contributed by atoms with Crippen LogP contribution in [0.1, 0.15) is 56.8 Å². The van der Waals surface area contributed by atoms with Crippen molar-refractivity contribution in [3.05, 3.63) is 58.4 Å². The van der Waals surface area contributed by atoms with Crippen LogP contribution in [0, 0.1) is 29.3 Å². The lowest BCUT2D eigenvalue weighted by Gasteiger charge is -2.44. The van der Waals surface area contributed by atoms with E-state index >= 15 is 0 Å². The summed E-state index contributed by atoms with van der Waals surface area (Å²) in [4.78, 5) is 12.6. The monoisotopic (exact) mass is 587 g/mol. The Hall–Kier alpha value is -1.88. The van der Waals surface area contributed by atoms with Gasteiger partial charge < -0.3 is 9.74 Å². The van der Waals surface area contributed by atoms with Gasteiger partial charge >= 0.3 is 0 Å². The maximum atomic E-state index is 13.7. The third-order valence-corrected chi connectivity index (χ3v) is 15.5. The second-order valence-electron chi connectivity index (χ2n) is 11.9. The smallest absolute Gasteiger partial charge is 0.255 e. The first-order chi connectivity index (χ1) is 17.5. The summed E-state index contributed by atoms with van der Waals surface area (Å²) in [6.07, 6.45) is 2.79. The van der Waals surface area contributed by atoms with Gasteiger partial charge in [0.1, 0.15) is 0 Å². The fourth-order valence-electron chi connectivity index (χ4n) is 5.25. The van der Waals surface area contributed by atoms with Crippen molar-refractivity contribution in [2.75, 3.05) is 5.32 Å². The molecule has 2 unspecified atom stereocenters. The van der Waals surface area contributed by atoms with E-state index in [1.165, 1.54) is 18.2 Å².